The number of nitrogens with zero attached hydrogens (tertiary/aromatic N) is 1. The van der Waals surface area contributed by atoms with Crippen molar-refractivity contribution in [2.75, 3.05) is 29.9 Å². The van der Waals surface area contributed by atoms with Crippen molar-refractivity contribution < 1.29 is 9.90 Å². The van der Waals surface area contributed by atoms with Crippen molar-refractivity contribution >= 4 is 17.4 Å². The quantitative estimate of drug-likeness (QED) is 0.698. The van der Waals surface area contributed by atoms with Crippen molar-refractivity contribution in [1.29, 1.82) is 0 Å². The van der Waals surface area contributed by atoms with Gasteiger partial charge in [0.15, 0.2) is 0 Å². The maximum atomic E-state index is 12.4. The highest BCUT2D eigenvalue weighted by atomic mass is 16.3. The van der Waals surface area contributed by atoms with Crippen molar-refractivity contribution in [2.45, 2.75) is 45.6 Å². The van der Waals surface area contributed by atoms with E-state index in [0.29, 0.717) is 19.1 Å². The Morgan fingerprint density at radius 2 is 1.72 bits per heavy atom. The number of aliphatic hydroxyl groups excluding tert-OH is 1. The van der Waals surface area contributed by atoms with Crippen molar-refractivity contribution in [3.8, 4) is 0 Å². The molecule has 5 heteroatoms. The van der Waals surface area contributed by atoms with Crippen LogP contribution in [0.2, 0.25) is 0 Å². The maximum Gasteiger partial charge on any atom is 0.319 e. The molecule has 0 radical (unpaired) electrons. The van der Waals surface area contributed by atoms with Crippen LogP contribution in [0.25, 0.3) is 0 Å². The first-order chi connectivity index (χ1) is 13.9. The summed E-state index contributed by atoms with van der Waals surface area (Å²) in [5.74, 6) is 0.441. The summed E-state index contributed by atoms with van der Waals surface area (Å²) in [7, 11) is 0. The van der Waals surface area contributed by atoms with Gasteiger partial charge in [0.2, 0.25) is 0 Å². The fourth-order valence-electron chi connectivity index (χ4n) is 3.79. The molecule has 1 saturated heterocycles. The molecule has 1 aliphatic heterocycles. The molecule has 5 nitrogen and oxygen atoms in total. The van der Waals surface area contributed by atoms with Crippen LogP contribution in [0.4, 0.5) is 16.2 Å². The number of amides is 2. The number of para-hydroxylation sites is 1. The second-order valence-electron chi connectivity index (χ2n) is 8.88. The van der Waals surface area contributed by atoms with Gasteiger partial charge in [0.25, 0.3) is 0 Å². The van der Waals surface area contributed by atoms with Crippen LogP contribution < -0.4 is 15.5 Å². The Balaban J connectivity index is 1.52. The van der Waals surface area contributed by atoms with Crippen LogP contribution in [0, 0.1) is 5.92 Å². The molecule has 0 aliphatic carbocycles. The number of anilines is 2. The monoisotopic (exact) mass is 395 g/mol. The van der Waals surface area contributed by atoms with Crippen molar-refractivity contribution in [3.05, 3.63) is 59.7 Å². The number of rotatable bonds is 5. The molecule has 0 saturated carbocycles. The van der Waals surface area contributed by atoms with Gasteiger partial charge in [-0.05, 0) is 53.5 Å². The van der Waals surface area contributed by atoms with Gasteiger partial charge in [0.1, 0.15) is 0 Å². The van der Waals surface area contributed by atoms with Gasteiger partial charge in [-0.3, -0.25) is 0 Å². The minimum Gasteiger partial charge on any atom is -0.396 e. The highest BCUT2D eigenvalue weighted by Gasteiger charge is 2.19. The second kappa shape index (κ2) is 9.31. The number of urea groups is 1. The van der Waals surface area contributed by atoms with Crippen LogP contribution in [-0.2, 0) is 12.0 Å². The third-order valence-corrected chi connectivity index (χ3v) is 5.61. The molecule has 0 aromatic heterocycles. The van der Waals surface area contributed by atoms with E-state index in [9.17, 15) is 9.90 Å². The maximum absolute atomic E-state index is 12.4. The summed E-state index contributed by atoms with van der Waals surface area (Å²) in [6.07, 6.45) is 2.08. The van der Waals surface area contributed by atoms with Crippen LogP contribution in [0.3, 0.4) is 0 Å². The van der Waals surface area contributed by atoms with E-state index in [0.717, 1.165) is 42.7 Å². The lowest BCUT2D eigenvalue weighted by Crippen LogP contribution is -2.34. The molecule has 2 aromatic carbocycles. The summed E-state index contributed by atoms with van der Waals surface area (Å²) in [5, 5.41) is 15.2. The molecule has 1 heterocycles. The first-order valence-corrected chi connectivity index (χ1v) is 10.5. The smallest absolute Gasteiger partial charge is 0.319 e. The zero-order valence-electron chi connectivity index (χ0n) is 17.7. The van der Waals surface area contributed by atoms with Crippen LogP contribution in [0.15, 0.2) is 48.5 Å². The van der Waals surface area contributed by atoms with Crippen LogP contribution in [0.5, 0.6) is 0 Å². The predicted molar refractivity (Wildman–Crippen MR) is 119 cm³/mol. The Kier molecular flexibility index (Phi) is 6.80. The van der Waals surface area contributed by atoms with E-state index < -0.39 is 0 Å². The van der Waals surface area contributed by atoms with E-state index in [1.807, 2.05) is 18.2 Å². The molecule has 0 atom stereocenters. The Morgan fingerprint density at radius 3 is 2.34 bits per heavy atom. The van der Waals surface area contributed by atoms with Crippen molar-refractivity contribution in [3.63, 3.8) is 0 Å². The number of nitrogens with one attached hydrogen (secondary N) is 2. The van der Waals surface area contributed by atoms with Gasteiger partial charge in [0, 0.05) is 37.6 Å². The number of hydrogen-bond donors (Lipinski definition) is 3. The third kappa shape index (κ3) is 5.73. The van der Waals surface area contributed by atoms with E-state index in [-0.39, 0.29) is 11.4 Å². The number of carbonyl (C=O) groups excluding carboxylic acids is 1. The summed E-state index contributed by atoms with van der Waals surface area (Å²) in [4.78, 5) is 14.7. The molecule has 156 valence electrons. The largest absolute Gasteiger partial charge is 0.396 e. The van der Waals surface area contributed by atoms with Gasteiger partial charge in [-0.1, -0.05) is 51.1 Å². The fourth-order valence-corrected chi connectivity index (χ4v) is 3.79. The van der Waals surface area contributed by atoms with E-state index in [2.05, 4.69) is 66.6 Å². The lowest BCUT2D eigenvalue weighted by atomic mass is 9.86. The molecule has 1 fully saturated rings. The predicted octanol–water partition coefficient (Wildman–Crippen LogP) is 4.51. The summed E-state index contributed by atoms with van der Waals surface area (Å²) in [6.45, 7) is 9.16. The Morgan fingerprint density at radius 1 is 1.07 bits per heavy atom. The minimum atomic E-state index is -0.197. The topological polar surface area (TPSA) is 64.6 Å². The van der Waals surface area contributed by atoms with Gasteiger partial charge < -0.3 is 20.6 Å². The average molecular weight is 396 g/mol. The molecule has 0 spiro atoms. The molecule has 29 heavy (non-hydrogen) atoms. The summed E-state index contributed by atoms with van der Waals surface area (Å²) in [5.41, 5.74) is 4.20. The molecule has 3 N–H and O–H groups in total. The number of piperidine rings is 1. The highest BCUT2D eigenvalue weighted by molar-refractivity contribution is 5.90. The first-order valence-electron chi connectivity index (χ1n) is 10.5. The molecule has 0 bridgehead atoms. The highest BCUT2D eigenvalue weighted by Crippen LogP contribution is 2.29. The zero-order chi connectivity index (χ0) is 20.9. The standard InChI is InChI=1S/C24H33N3O2/c1-24(2,3)21-6-4-5-7-22(21)26-23(29)25-16-18-8-10-20(11-9-18)27-14-12-19(17-28)13-15-27/h4-11,19,28H,12-17H2,1-3H3,(H2,25,26,29). The molecule has 0 unspecified atom stereocenters. The molecule has 3 rings (SSSR count). The summed E-state index contributed by atoms with van der Waals surface area (Å²) >= 11 is 0. The molecular weight excluding hydrogens is 362 g/mol. The Labute approximate surface area is 174 Å². The fraction of sp³-hybridized carbons (Fsp3) is 0.458. The van der Waals surface area contributed by atoms with Gasteiger partial charge in [0.05, 0.1) is 0 Å². The SMILES string of the molecule is CC(C)(C)c1ccccc1NC(=O)NCc1ccc(N2CCC(CO)CC2)cc1. The van der Waals surface area contributed by atoms with E-state index >= 15 is 0 Å². The minimum absolute atomic E-state index is 0.0364. The number of hydrogen-bond acceptors (Lipinski definition) is 3. The molecule has 2 aromatic rings. The van der Waals surface area contributed by atoms with Gasteiger partial charge in [-0.2, -0.15) is 0 Å². The van der Waals surface area contributed by atoms with Gasteiger partial charge >= 0.3 is 6.03 Å². The normalized spacial score (nSPS) is 15.2. The van der Waals surface area contributed by atoms with Gasteiger partial charge in [-0.25, -0.2) is 4.79 Å². The lowest BCUT2D eigenvalue weighted by molar-refractivity contribution is 0.203. The number of carbonyl (C=O) groups is 1. The van der Waals surface area contributed by atoms with Crippen LogP contribution >= 0.6 is 0 Å². The molecular formula is C24H33N3O2. The summed E-state index contributed by atoms with van der Waals surface area (Å²) in [6, 6.07) is 16.1. The Hall–Kier alpha value is -2.53. The van der Waals surface area contributed by atoms with E-state index in [1.54, 1.807) is 0 Å². The van der Waals surface area contributed by atoms with Crippen LogP contribution in [0.1, 0.15) is 44.7 Å². The van der Waals surface area contributed by atoms with E-state index in [4.69, 9.17) is 0 Å². The average Bonchev–Trinajstić information content (AvgIpc) is 2.72. The second-order valence-corrected chi connectivity index (χ2v) is 8.88. The van der Waals surface area contributed by atoms with Crippen molar-refractivity contribution in [1.82, 2.24) is 5.32 Å². The Bertz CT molecular complexity index is 804. The van der Waals surface area contributed by atoms with Gasteiger partial charge in [-0.15, -0.1) is 0 Å². The number of benzene rings is 2. The lowest BCUT2D eigenvalue weighted by Gasteiger charge is -2.33. The third-order valence-electron chi connectivity index (χ3n) is 5.61. The molecule has 1 aliphatic rings. The molecule has 2 amide bonds. The zero-order valence-corrected chi connectivity index (χ0v) is 17.7. The summed E-state index contributed by atoms with van der Waals surface area (Å²) < 4.78 is 0. The van der Waals surface area contributed by atoms with Crippen LogP contribution in [-0.4, -0.2) is 30.8 Å². The van der Waals surface area contributed by atoms with Crippen molar-refractivity contribution in [2.24, 2.45) is 5.92 Å². The number of aliphatic hydroxyl groups is 1. The van der Waals surface area contributed by atoms with E-state index in [1.165, 1.54) is 5.69 Å². The first kappa shape index (κ1) is 21.2.